The summed E-state index contributed by atoms with van der Waals surface area (Å²) in [4.78, 5) is 0. The van der Waals surface area contributed by atoms with Crippen LogP contribution in [0.2, 0.25) is 0 Å². The van der Waals surface area contributed by atoms with Gasteiger partial charge in [-0.1, -0.05) is 13.3 Å². The van der Waals surface area contributed by atoms with Crippen molar-refractivity contribution < 1.29 is 0 Å². The molecule has 0 spiro atoms. The van der Waals surface area contributed by atoms with Crippen LogP contribution in [0.3, 0.4) is 0 Å². The Kier molecular flexibility index (Phi) is 2.18. The van der Waals surface area contributed by atoms with Gasteiger partial charge in [-0.3, -0.25) is 0 Å². The average Bonchev–Trinajstić information content (AvgIpc) is 2.60. The highest BCUT2D eigenvalue weighted by atomic mass is 32.2. The standard InChI is InChI=1S/C10H18S/c1-3-7-4-9-5-8(7)6-10(9)11-2/h7-10H,3-6H2,1-2H3. The quantitative estimate of drug-likeness (QED) is 0.613. The molecule has 0 aromatic carbocycles. The highest BCUT2D eigenvalue weighted by Crippen LogP contribution is 2.52. The maximum atomic E-state index is 2.36. The van der Waals surface area contributed by atoms with Crippen LogP contribution in [0.5, 0.6) is 0 Å². The lowest BCUT2D eigenvalue weighted by atomic mass is 9.87. The summed E-state index contributed by atoms with van der Waals surface area (Å²) in [6, 6.07) is 0. The molecule has 2 fully saturated rings. The van der Waals surface area contributed by atoms with E-state index >= 15 is 0 Å². The number of hydrogen-bond acceptors (Lipinski definition) is 1. The summed E-state index contributed by atoms with van der Waals surface area (Å²) in [6.07, 6.45) is 8.36. The van der Waals surface area contributed by atoms with E-state index in [9.17, 15) is 0 Å². The minimum Gasteiger partial charge on any atom is -0.162 e. The van der Waals surface area contributed by atoms with Crippen molar-refractivity contribution in [3.63, 3.8) is 0 Å². The van der Waals surface area contributed by atoms with Crippen LogP contribution in [-0.4, -0.2) is 11.5 Å². The summed E-state index contributed by atoms with van der Waals surface area (Å²) in [5.74, 6) is 3.31. The summed E-state index contributed by atoms with van der Waals surface area (Å²) in [5.41, 5.74) is 0. The molecule has 0 saturated heterocycles. The predicted octanol–water partition coefficient (Wildman–Crippen LogP) is 3.17. The molecule has 2 aliphatic carbocycles. The van der Waals surface area contributed by atoms with Gasteiger partial charge in [-0.25, -0.2) is 0 Å². The highest BCUT2D eigenvalue weighted by molar-refractivity contribution is 7.99. The molecule has 0 aromatic heterocycles. The molecule has 1 heteroatoms. The fourth-order valence-corrected chi connectivity index (χ4v) is 4.18. The summed E-state index contributed by atoms with van der Waals surface area (Å²) in [6.45, 7) is 2.36. The summed E-state index contributed by atoms with van der Waals surface area (Å²) < 4.78 is 0. The lowest BCUT2D eigenvalue weighted by Crippen LogP contribution is -2.18. The fourth-order valence-electron chi connectivity index (χ4n) is 3.13. The van der Waals surface area contributed by atoms with Crippen molar-refractivity contribution in [1.82, 2.24) is 0 Å². The Labute approximate surface area is 74.1 Å². The van der Waals surface area contributed by atoms with Gasteiger partial charge in [-0.2, -0.15) is 11.8 Å². The Balaban J connectivity index is 1.97. The van der Waals surface area contributed by atoms with Crippen LogP contribution in [0.15, 0.2) is 0 Å². The van der Waals surface area contributed by atoms with Crippen LogP contribution < -0.4 is 0 Å². The average molecular weight is 170 g/mol. The van der Waals surface area contributed by atoms with Crippen molar-refractivity contribution in [3.05, 3.63) is 0 Å². The predicted molar refractivity (Wildman–Crippen MR) is 51.9 cm³/mol. The van der Waals surface area contributed by atoms with Gasteiger partial charge in [0.25, 0.3) is 0 Å². The Morgan fingerprint density at radius 2 is 2.00 bits per heavy atom. The number of fused-ring (bicyclic) bond motifs is 2. The van der Waals surface area contributed by atoms with Crippen molar-refractivity contribution in [3.8, 4) is 0 Å². The topological polar surface area (TPSA) is 0 Å². The Bertz CT molecular complexity index is 128. The van der Waals surface area contributed by atoms with Gasteiger partial charge in [0.2, 0.25) is 0 Å². The zero-order chi connectivity index (χ0) is 7.84. The van der Waals surface area contributed by atoms with Gasteiger partial charge in [0.15, 0.2) is 0 Å². The molecule has 11 heavy (non-hydrogen) atoms. The van der Waals surface area contributed by atoms with Gasteiger partial charge >= 0.3 is 0 Å². The molecule has 4 atom stereocenters. The molecule has 0 aromatic rings. The second-order valence-corrected chi connectivity index (χ2v) is 5.25. The maximum Gasteiger partial charge on any atom is 0.00754 e. The van der Waals surface area contributed by atoms with Crippen LogP contribution in [-0.2, 0) is 0 Å². The minimum atomic E-state index is 1.03. The maximum absolute atomic E-state index is 2.36. The molecule has 64 valence electrons. The van der Waals surface area contributed by atoms with Gasteiger partial charge in [0.1, 0.15) is 0 Å². The largest absolute Gasteiger partial charge is 0.162 e. The van der Waals surface area contributed by atoms with E-state index in [-0.39, 0.29) is 0 Å². The van der Waals surface area contributed by atoms with Crippen LogP contribution in [0.4, 0.5) is 0 Å². The second-order valence-electron chi connectivity index (χ2n) is 4.17. The molecule has 4 unspecified atom stereocenters. The van der Waals surface area contributed by atoms with Crippen LogP contribution >= 0.6 is 11.8 Å². The van der Waals surface area contributed by atoms with Gasteiger partial charge in [0.05, 0.1) is 0 Å². The molecule has 2 saturated carbocycles. The number of hydrogen-bond donors (Lipinski definition) is 0. The Morgan fingerprint density at radius 1 is 1.18 bits per heavy atom. The van der Waals surface area contributed by atoms with E-state index in [1.807, 2.05) is 0 Å². The summed E-state index contributed by atoms with van der Waals surface area (Å²) >= 11 is 2.11. The van der Waals surface area contributed by atoms with Gasteiger partial charge < -0.3 is 0 Å². The molecule has 0 radical (unpaired) electrons. The molecule has 0 amide bonds. The Hall–Kier alpha value is 0.350. The smallest absolute Gasteiger partial charge is 0.00754 e. The first kappa shape index (κ1) is 7.97. The van der Waals surface area contributed by atoms with E-state index in [0.29, 0.717) is 0 Å². The van der Waals surface area contributed by atoms with E-state index in [4.69, 9.17) is 0 Å². The van der Waals surface area contributed by atoms with Crippen molar-refractivity contribution in [2.24, 2.45) is 17.8 Å². The van der Waals surface area contributed by atoms with Crippen LogP contribution in [0.1, 0.15) is 32.6 Å². The lowest BCUT2D eigenvalue weighted by Gasteiger charge is -2.25. The molecule has 0 aliphatic heterocycles. The van der Waals surface area contributed by atoms with Crippen molar-refractivity contribution in [2.45, 2.75) is 37.9 Å². The molecular formula is C10H18S. The first-order valence-electron chi connectivity index (χ1n) is 4.88. The monoisotopic (exact) mass is 170 g/mol. The Morgan fingerprint density at radius 3 is 2.45 bits per heavy atom. The third-order valence-electron chi connectivity index (χ3n) is 3.77. The first-order chi connectivity index (χ1) is 5.35. The number of thioether (sulfide) groups is 1. The second kappa shape index (κ2) is 3.01. The zero-order valence-corrected chi connectivity index (χ0v) is 8.36. The van der Waals surface area contributed by atoms with Gasteiger partial charge in [0, 0.05) is 5.25 Å². The fraction of sp³-hybridized carbons (Fsp3) is 1.00. The third-order valence-corrected chi connectivity index (χ3v) is 4.95. The number of rotatable bonds is 2. The van der Waals surface area contributed by atoms with E-state index in [2.05, 4.69) is 24.9 Å². The molecular weight excluding hydrogens is 152 g/mol. The molecule has 0 nitrogen and oxygen atoms in total. The van der Waals surface area contributed by atoms with E-state index in [0.717, 1.165) is 23.0 Å². The first-order valence-corrected chi connectivity index (χ1v) is 6.16. The molecule has 2 bridgehead atoms. The van der Waals surface area contributed by atoms with Crippen LogP contribution in [0, 0.1) is 17.8 Å². The highest BCUT2D eigenvalue weighted by Gasteiger charge is 2.44. The van der Waals surface area contributed by atoms with E-state index in [1.54, 1.807) is 12.8 Å². The SMILES string of the molecule is CCC1CC2CC1CC2SC. The molecule has 0 N–H and O–H groups in total. The third kappa shape index (κ3) is 1.22. The van der Waals surface area contributed by atoms with Crippen molar-refractivity contribution >= 4 is 11.8 Å². The molecule has 0 heterocycles. The van der Waals surface area contributed by atoms with E-state index < -0.39 is 0 Å². The van der Waals surface area contributed by atoms with Crippen LogP contribution in [0.25, 0.3) is 0 Å². The van der Waals surface area contributed by atoms with Gasteiger partial charge in [-0.05, 0) is 43.3 Å². The minimum absolute atomic E-state index is 1.03. The lowest BCUT2D eigenvalue weighted by molar-refractivity contribution is 0.330. The summed E-state index contributed by atoms with van der Waals surface area (Å²) in [7, 11) is 0. The molecule has 2 rings (SSSR count). The zero-order valence-electron chi connectivity index (χ0n) is 7.55. The van der Waals surface area contributed by atoms with Crippen molar-refractivity contribution in [1.29, 1.82) is 0 Å². The molecule has 2 aliphatic rings. The normalized spacial score (nSPS) is 48.5. The van der Waals surface area contributed by atoms with Crippen molar-refractivity contribution in [2.75, 3.05) is 6.26 Å². The van der Waals surface area contributed by atoms with E-state index in [1.165, 1.54) is 12.8 Å². The van der Waals surface area contributed by atoms with Gasteiger partial charge in [-0.15, -0.1) is 0 Å². The summed E-state index contributed by atoms with van der Waals surface area (Å²) in [5, 5.41) is 1.03.